The maximum absolute atomic E-state index is 5.34. The maximum atomic E-state index is 5.34. The molecule has 0 amide bonds. The Morgan fingerprint density at radius 2 is 2.26 bits per heavy atom. The predicted molar refractivity (Wildman–Crippen MR) is 82.8 cm³/mol. The number of ether oxygens (including phenoxy) is 1. The first-order valence-electron chi connectivity index (χ1n) is 7.58. The van der Waals surface area contributed by atoms with Gasteiger partial charge in [-0.3, -0.25) is 4.90 Å². The summed E-state index contributed by atoms with van der Waals surface area (Å²) in [6.07, 6.45) is 2.71. The lowest BCUT2D eigenvalue weighted by Gasteiger charge is -2.40. The summed E-state index contributed by atoms with van der Waals surface area (Å²) in [4.78, 5) is 6.71. The van der Waals surface area contributed by atoms with Crippen molar-refractivity contribution in [2.45, 2.75) is 19.0 Å². The molecule has 2 aromatic heterocycles. The van der Waals surface area contributed by atoms with Crippen molar-refractivity contribution in [2.24, 2.45) is 0 Å². The minimum absolute atomic E-state index is 0.365. The average molecular weight is 311 g/mol. The van der Waals surface area contributed by atoms with Gasteiger partial charge >= 0.3 is 0 Å². The van der Waals surface area contributed by atoms with Crippen LogP contribution in [0.15, 0.2) is 51.6 Å². The molecule has 4 rings (SSSR count). The molecule has 1 aliphatic rings. The number of furan rings is 1. The van der Waals surface area contributed by atoms with Gasteiger partial charge in [0.15, 0.2) is 5.76 Å². The highest BCUT2D eigenvalue weighted by Crippen LogP contribution is 2.35. The van der Waals surface area contributed by atoms with E-state index in [9.17, 15) is 0 Å². The molecule has 0 spiro atoms. The molecule has 0 bridgehead atoms. The zero-order valence-corrected chi connectivity index (χ0v) is 12.8. The minimum Gasteiger partial charge on any atom is -0.497 e. The molecule has 3 heterocycles. The third-order valence-corrected chi connectivity index (χ3v) is 4.16. The monoisotopic (exact) mass is 311 g/mol. The van der Waals surface area contributed by atoms with E-state index in [0.29, 0.717) is 30.1 Å². The van der Waals surface area contributed by atoms with Crippen LogP contribution in [0, 0.1) is 0 Å². The third kappa shape index (κ3) is 2.73. The zero-order valence-electron chi connectivity index (χ0n) is 12.8. The summed E-state index contributed by atoms with van der Waals surface area (Å²) in [5.74, 6) is 2.59. The predicted octanol–water partition coefficient (Wildman–Crippen LogP) is 3.29. The van der Waals surface area contributed by atoms with Gasteiger partial charge in [-0.25, -0.2) is 0 Å². The largest absolute Gasteiger partial charge is 0.497 e. The number of hydrogen-bond acceptors (Lipinski definition) is 6. The van der Waals surface area contributed by atoms with Crippen LogP contribution >= 0.6 is 0 Å². The van der Waals surface area contributed by atoms with Crippen LogP contribution in [0.5, 0.6) is 5.75 Å². The van der Waals surface area contributed by atoms with Crippen LogP contribution in [0.2, 0.25) is 0 Å². The molecule has 1 saturated heterocycles. The molecular weight excluding hydrogens is 294 g/mol. The second kappa shape index (κ2) is 5.89. The van der Waals surface area contributed by atoms with Crippen LogP contribution in [0.3, 0.4) is 0 Å². The fourth-order valence-corrected chi connectivity index (χ4v) is 2.85. The van der Waals surface area contributed by atoms with Crippen LogP contribution < -0.4 is 4.74 Å². The zero-order chi connectivity index (χ0) is 15.6. The van der Waals surface area contributed by atoms with Gasteiger partial charge in [0.05, 0.1) is 19.9 Å². The second-order valence-electron chi connectivity index (χ2n) is 5.54. The highest BCUT2D eigenvalue weighted by atomic mass is 16.5. The van der Waals surface area contributed by atoms with Crippen molar-refractivity contribution < 1.29 is 13.7 Å². The van der Waals surface area contributed by atoms with E-state index >= 15 is 0 Å². The fourth-order valence-electron chi connectivity index (χ4n) is 2.85. The molecule has 0 unspecified atom stereocenters. The average Bonchev–Trinajstić information content (AvgIpc) is 3.23. The molecule has 1 fully saturated rings. The van der Waals surface area contributed by atoms with Gasteiger partial charge in [0, 0.05) is 12.6 Å². The summed E-state index contributed by atoms with van der Waals surface area (Å²) < 4.78 is 15.9. The topological polar surface area (TPSA) is 64.5 Å². The molecule has 0 saturated carbocycles. The van der Waals surface area contributed by atoms with E-state index in [2.05, 4.69) is 27.2 Å². The van der Waals surface area contributed by atoms with Gasteiger partial charge < -0.3 is 13.7 Å². The summed E-state index contributed by atoms with van der Waals surface area (Å²) in [6.45, 7) is 1.65. The van der Waals surface area contributed by atoms with Crippen LogP contribution in [-0.2, 0) is 6.54 Å². The van der Waals surface area contributed by atoms with Crippen LogP contribution in [0.1, 0.15) is 23.9 Å². The first-order chi connectivity index (χ1) is 11.3. The van der Waals surface area contributed by atoms with E-state index in [1.807, 2.05) is 18.2 Å². The summed E-state index contributed by atoms with van der Waals surface area (Å²) in [6, 6.07) is 12.2. The van der Waals surface area contributed by atoms with Crippen LogP contribution in [0.4, 0.5) is 0 Å². The van der Waals surface area contributed by atoms with Crippen molar-refractivity contribution in [3.05, 3.63) is 54.1 Å². The third-order valence-electron chi connectivity index (χ3n) is 4.16. The van der Waals surface area contributed by atoms with Gasteiger partial charge in [0.2, 0.25) is 11.7 Å². The van der Waals surface area contributed by atoms with Crippen molar-refractivity contribution in [1.29, 1.82) is 0 Å². The highest BCUT2D eigenvalue weighted by molar-refractivity contribution is 5.44. The van der Waals surface area contributed by atoms with E-state index in [1.165, 1.54) is 5.56 Å². The molecule has 0 N–H and O–H groups in total. The lowest BCUT2D eigenvalue weighted by Crippen LogP contribution is -2.40. The Labute approximate surface area is 133 Å². The molecule has 0 aliphatic carbocycles. The van der Waals surface area contributed by atoms with Crippen molar-refractivity contribution in [3.63, 3.8) is 0 Å². The number of aromatic nitrogens is 2. The molecule has 6 heteroatoms. The summed E-state index contributed by atoms with van der Waals surface area (Å²) in [5, 5.41) is 3.97. The van der Waals surface area contributed by atoms with Gasteiger partial charge in [-0.15, -0.1) is 0 Å². The molecular formula is C17H17N3O3. The Bertz CT molecular complexity index is 782. The van der Waals surface area contributed by atoms with E-state index in [-0.39, 0.29) is 0 Å². The van der Waals surface area contributed by atoms with Crippen molar-refractivity contribution in [2.75, 3.05) is 13.7 Å². The summed E-state index contributed by atoms with van der Waals surface area (Å²) >= 11 is 0. The highest BCUT2D eigenvalue weighted by Gasteiger charge is 2.31. The molecule has 0 radical (unpaired) electrons. The Hall–Kier alpha value is -2.60. The van der Waals surface area contributed by atoms with Gasteiger partial charge in [-0.2, -0.15) is 4.98 Å². The van der Waals surface area contributed by atoms with E-state index in [1.54, 1.807) is 19.4 Å². The quantitative estimate of drug-likeness (QED) is 0.720. The maximum Gasteiger partial charge on any atom is 0.241 e. The molecule has 23 heavy (non-hydrogen) atoms. The summed E-state index contributed by atoms with van der Waals surface area (Å²) in [5.41, 5.74) is 1.25. The van der Waals surface area contributed by atoms with Crippen molar-refractivity contribution >= 4 is 0 Å². The Balaban J connectivity index is 1.47. The van der Waals surface area contributed by atoms with E-state index < -0.39 is 0 Å². The van der Waals surface area contributed by atoms with Gasteiger partial charge in [-0.1, -0.05) is 17.3 Å². The number of hydrogen-bond donors (Lipinski definition) is 0. The fraction of sp³-hybridized carbons (Fsp3) is 0.294. The molecule has 6 nitrogen and oxygen atoms in total. The number of benzene rings is 1. The smallest absolute Gasteiger partial charge is 0.241 e. The second-order valence-corrected chi connectivity index (χ2v) is 5.54. The first kappa shape index (κ1) is 14.0. The normalized spacial score (nSPS) is 17.9. The van der Waals surface area contributed by atoms with Crippen LogP contribution in [-0.4, -0.2) is 28.7 Å². The minimum atomic E-state index is 0.365. The van der Waals surface area contributed by atoms with Gasteiger partial charge in [0.1, 0.15) is 5.75 Å². The van der Waals surface area contributed by atoms with E-state index in [4.69, 9.17) is 13.7 Å². The number of likely N-dealkylation sites (tertiary alicyclic amines) is 1. The Kier molecular flexibility index (Phi) is 3.59. The molecule has 1 aliphatic heterocycles. The summed E-state index contributed by atoms with van der Waals surface area (Å²) in [7, 11) is 1.69. The van der Waals surface area contributed by atoms with Crippen molar-refractivity contribution in [3.8, 4) is 17.3 Å². The molecule has 1 atom stereocenters. The SMILES string of the molecule is COc1cccc([C@H]2CCN2Cc2nc(-c3ccco3)no2)c1. The van der Waals surface area contributed by atoms with E-state index in [0.717, 1.165) is 18.7 Å². The molecule has 1 aromatic carbocycles. The number of rotatable bonds is 5. The lowest BCUT2D eigenvalue weighted by molar-refractivity contribution is 0.0689. The number of methoxy groups -OCH3 is 1. The van der Waals surface area contributed by atoms with Gasteiger partial charge in [-0.05, 0) is 36.2 Å². The molecule has 118 valence electrons. The molecule has 3 aromatic rings. The Morgan fingerprint density at radius 3 is 3.00 bits per heavy atom. The van der Waals surface area contributed by atoms with Crippen LogP contribution in [0.25, 0.3) is 11.6 Å². The lowest BCUT2D eigenvalue weighted by atomic mass is 9.94. The Morgan fingerprint density at radius 1 is 1.30 bits per heavy atom. The van der Waals surface area contributed by atoms with Crippen molar-refractivity contribution in [1.82, 2.24) is 15.0 Å². The van der Waals surface area contributed by atoms with Gasteiger partial charge in [0.25, 0.3) is 0 Å². The number of nitrogens with zero attached hydrogens (tertiary/aromatic N) is 3. The first-order valence-corrected chi connectivity index (χ1v) is 7.58. The standard InChI is InChI=1S/C17H17N3O3/c1-21-13-5-2-4-12(10-13)14-7-8-20(14)11-16-18-17(19-23-16)15-6-3-9-22-15/h2-6,9-10,14H,7-8,11H2,1H3/t14-/m1/s1.